The Hall–Kier alpha value is -0.850. The van der Waals surface area contributed by atoms with Crippen molar-refractivity contribution in [2.75, 3.05) is 0 Å². The van der Waals surface area contributed by atoms with E-state index in [1.165, 1.54) is 0 Å². The number of carbonyl (C=O) groups is 1. The Morgan fingerprint density at radius 2 is 2.36 bits per heavy atom. The number of aldehydes is 1. The van der Waals surface area contributed by atoms with E-state index >= 15 is 0 Å². The maximum Gasteiger partial charge on any atom is 0.130 e. The molecule has 11 heavy (non-hydrogen) atoms. The first-order valence-electron chi connectivity index (χ1n) is 4.01. The summed E-state index contributed by atoms with van der Waals surface area (Å²) in [5.41, 5.74) is 0.842. The summed E-state index contributed by atoms with van der Waals surface area (Å²) in [5.74, 6) is 0. The first-order valence-corrected chi connectivity index (χ1v) is 4.01. The van der Waals surface area contributed by atoms with Gasteiger partial charge in [0.05, 0.1) is 0 Å². The standard InChI is InChI=1S/C10H14O/c1-3-6-10(8-11)7-4-5-9(10)2/h3,8H,1-2,4-7H2. The fraction of sp³-hybridized carbons (Fsp3) is 0.500. The maximum atomic E-state index is 10.8. The normalized spacial score (nSPS) is 30.4. The lowest BCUT2D eigenvalue weighted by Crippen LogP contribution is -2.18. The van der Waals surface area contributed by atoms with Crippen LogP contribution in [0.15, 0.2) is 24.8 Å². The van der Waals surface area contributed by atoms with Gasteiger partial charge in [-0.05, 0) is 25.7 Å². The predicted molar refractivity (Wildman–Crippen MR) is 46.3 cm³/mol. The molecule has 0 aromatic heterocycles. The van der Waals surface area contributed by atoms with Gasteiger partial charge < -0.3 is 4.79 Å². The Morgan fingerprint density at radius 1 is 1.64 bits per heavy atom. The highest BCUT2D eigenvalue weighted by Crippen LogP contribution is 2.42. The topological polar surface area (TPSA) is 17.1 Å². The summed E-state index contributed by atoms with van der Waals surface area (Å²) in [6.07, 6.45) is 6.68. The van der Waals surface area contributed by atoms with Crippen LogP contribution in [-0.4, -0.2) is 6.29 Å². The lowest BCUT2D eigenvalue weighted by Gasteiger charge is -2.21. The fourth-order valence-electron chi connectivity index (χ4n) is 1.74. The molecule has 1 atom stereocenters. The molecule has 1 nitrogen and oxygen atoms in total. The smallest absolute Gasteiger partial charge is 0.130 e. The molecule has 1 unspecified atom stereocenters. The number of hydrogen-bond donors (Lipinski definition) is 0. The van der Waals surface area contributed by atoms with E-state index in [4.69, 9.17) is 0 Å². The zero-order valence-corrected chi connectivity index (χ0v) is 6.81. The first-order chi connectivity index (χ1) is 5.25. The Morgan fingerprint density at radius 3 is 2.73 bits per heavy atom. The predicted octanol–water partition coefficient (Wildman–Crippen LogP) is 2.49. The quantitative estimate of drug-likeness (QED) is 0.446. The number of carbonyl (C=O) groups excluding carboxylic acids is 1. The summed E-state index contributed by atoms with van der Waals surface area (Å²) in [6.45, 7) is 7.57. The fourth-order valence-corrected chi connectivity index (χ4v) is 1.74. The number of allylic oxidation sites excluding steroid dienone is 2. The van der Waals surface area contributed by atoms with E-state index in [9.17, 15) is 4.79 Å². The molecule has 0 aromatic carbocycles. The van der Waals surface area contributed by atoms with E-state index in [-0.39, 0.29) is 5.41 Å². The molecule has 0 saturated heterocycles. The Kier molecular flexibility index (Phi) is 2.28. The lowest BCUT2D eigenvalue weighted by molar-refractivity contribution is -0.114. The molecule has 1 heteroatoms. The first kappa shape index (κ1) is 8.25. The van der Waals surface area contributed by atoms with Crippen LogP contribution in [0.1, 0.15) is 25.7 Å². The third kappa shape index (κ3) is 1.28. The van der Waals surface area contributed by atoms with Gasteiger partial charge in [0.15, 0.2) is 0 Å². The molecule has 0 spiro atoms. The molecule has 1 fully saturated rings. The molecule has 1 rings (SSSR count). The average Bonchev–Trinajstić information content (AvgIpc) is 2.35. The molecule has 0 aliphatic heterocycles. The number of rotatable bonds is 3. The van der Waals surface area contributed by atoms with Gasteiger partial charge in [-0.1, -0.05) is 18.2 Å². The molecule has 60 valence electrons. The zero-order chi connectivity index (χ0) is 8.32. The third-order valence-corrected chi connectivity index (χ3v) is 2.54. The van der Waals surface area contributed by atoms with Gasteiger partial charge in [0.25, 0.3) is 0 Å². The van der Waals surface area contributed by atoms with Gasteiger partial charge in [-0.25, -0.2) is 0 Å². The minimum absolute atomic E-state index is 0.248. The second-order valence-electron chi connectivity index (χ2n) is 3.22. The second-order valence-corrected chi connectivity index (χ2v) is 3.22. The van der Waals surface area contributed by atoms with Crippen LogP contribution in [0.25, 0.3) is 0 Å². The van der Waals surface area contributed by atoms with Gasteiger partial charge in [0, 0.05) is 5.41 Å². The summed E-state index contributed by atoms with van der Waals surface area (Å²) in [6, 6.07) is 0. The lowest BCUT2D eigenvalue weighted by atomic mass is 9.81. The molecule has 1 saturated carbocycles. The van der Waals surface area contributed by atoms with Gasteiger partial charge in [-0.2, -0.15) is 0 Å². The molecule has 1 aliphatic carbocycles. The highest BCUT2D eigenvalue weighted by molar-refractivity contribution is 5.66. The van der Waals surface area contributed by atoms with Crippen LogP contribution < -0.4 is 0 Å². The van der Waals surface area contributed by atoms with Crippen molar-refractivity contribution in [2.45, 2.75) is 25.7 Å². The molecule has 0 bridgehead atoms. The Balaban J connectivity index is 2.80. The highest BCUT2D eigenvalue weighted by atomic mass is 16.1. The van der Waals surface area contributed by atoms with E-state index in [2.05, 4.69) is 13.2 Å². The van der Waals surface area contributed by atoms with Crippen LogP contribution in [-0.2, 0) is 4.79 Å². The summed E-state index contributed by atoms with van der Waals surface area (Å²) in [7, 11) is 0. The Labute approximate surface area is 67.8 Å². The Bertz CT molecular complexity index is 193. The van der Waals surface area contributed by atoms with Crippen molar-refractivity contribution in [3.8, 4) is 0 Å². The molecule has 0 heterocycles. The van der Waals surface area contributed by atoms with Crippen LogP contribution in [0.2, 0.25) is 0 Å². The van der Waals surface area contributed by atoms with Gasteiger partial charge in [-0.15, -0.1) is 6.58 Å². The third-order valence-electron chi connectivity index (χ3n) is 2.54. The molecule has 1 aliphatic rings. The van der Waals surface area contributed by atoms with E-state index in [0.717, 1.165) is 37.5 Å². The molecular formula is C10H14O. The summed E-state index contributed by atoms with van der Waals surface area (Å²) in [5, 5.41) is 0. The van der Waals surface area contributed by atoms with Crippen molar-refractivity contribution >= 4 is 6.29 Å². The monoisotopic (exact) mass is 150 g/mol. The van der Waals surface area contributed by atoms with Crippen molar-refractivity contribution in [1.82, 2.24) is 0 Å². The summed E-state index contributed by atoms with van der Waals surface area (Å²) < 4.78 is 0. The van der Waals surface area contributed by atoms with Crippen molar-refractivity contribution < 1.29 is 4.79 Å². The van der Waals surface area contributed by atoms with E-state index < -0.39 is 0 Å². The van der Waals surface area contributed by atoms with Crippen molar-refractivity contribution in [1.29, 1.82) is 0 Å². The van der Waals surface area contributed by atoms with Crippen molar-refractivity contribution in [3.63, 3.8) is 0 Å². The molecule has 0 aromatic rings. The molecule has 0 N–H and O–H groups in total. The minimum Gasteiger partial charge on any atom is -0.302 e. The number of hydrogen-bond acceptors (Lipinski definition) is 1. The summed E-state index contributed by atoms with van der Waals surface area (Å²) >= 11 is 0. The van der Waals surface area contributed by atoms with Gasteiger partial charge >= 0.3 is 0 Å². The van der Waals surface area contributed by atoms with E-state index in [0.29, 0.717) is 0 Å². The van der Waals surface area contributed by atoms with Gasteiger partial charge in [-0.3, -0.25) is 0 Å². The van der Waals surface area contributed by atoms with Crippen LogP contribution in [0.3, 0.4) is 0 Å². The zero-order valence-electron chi connectivity index (χ0n) is 6.81. The SMILES string of the molecule is C=CCC1(C=O)CCCC1=C. The van der Waals surface area contributed by atoms with Crippen LogP contribution in [0.5, 0.6) is 0 Å². The summed E-state index contributed by atoms with van der Waals surface area (Å²) in [4.78, 5) is 10.8. The highest BCUT2D eigenvalue weighted by Gasteiger charge is 2.35. The van der Waals surface area contributed by atoms with Crippen LogP contribution >= 0.6 is 0 Å². The largest absolute Gasteiger partial charge is 0.302 e. The van der Waals surface area contributed by atoms with Gasteiger partial charge in [0.1, 0.15) is 6.29 Å². The van der Waals surface area contributed by atoms with E-state index in [1.807, 2.05) is 6.08 Å². The van der Waals surface area contributed by atoms with E-state index in [1.54, 1.807) is 0 Å². The average molecular weight is 150 g/mol. The minimum atomic E-state index is -0.248. The maximum absolute atomic E-state index is 10.8. The molecular weight excluding hydrogens is 136 g/mol. The van der Waals surface area contributed by atoms with Crippen LogP contribution in [0.4, 0.5) is 0 Å². The van der Waals surface area contributed by atoms with Crippen LogP contribution in [0, 0.1) is 5.41 Å². The van der Waals surface area contributed by atoms with Gasteiger partial charge in [0.2, 0.25) is 0 Å². The van der Waals surface area contributed by atoms with Crippen molar-refractivity contribution in [3.05, 3.63) is 24.8 Å². The second kappa shape index (κ2) is 3.04. The molecule has 0 amide bonds. The molecule has 0 radical (unpaired) electrons. The van der Waals surface area contributed by atoms with Crippen molar-refractivity contribution in [2.24, 2.45) is 5.41 Å².